The normalized spacial score (nSPS) is 10.9. The number of nitrogens with zero attached hydrogens (tertiary/aromatic N) is 3. The Kier molecular flexibility index (Phi) is 5.06. The molecule has 136 valence electrons. The van der Waals surface area contributed by atoms with E-state index in [2.05, 4.69) is 10.3 Å². The van der Waals surface area contributed by atoms with Crippen molar-refractivity contribution in [1.29, 1.82) is 0 Å². The van der Waals surface area contributed by atoms with Gasteiger partial charge in [-0.05, 0) is 37.1 Å². The Morgan fingerprint density at radius 1 is 1.27 bits per heavy atom. The molecule has 0 unspecified atom stereocenters. The maximum absolute atomic E-state index is 12.3. The molecule has 3 rings (SSSR count). The number of rotatable bonds is 7. The highest BCUT2D eigenvalue weighted by molar-refractivity contribution is 5.83. The molecule has 1 N–H and O–H groups in total. The summed E-state index contributed by atoms with van der Waals surface area (Å²) < 4.78 is 12.0. The first-order chi connectivity index (χ1) is 12.5. The quantitative estimate of drug-likeness (QED) is 0.701. The standard InChI is InChI=1S/C19H21N3O4/c1-12-17(13(2)26-21-12)11-22-10-15(9-20-22)7-16(23)6-14-4-5-18(24)19(8-14)25-3/h4-5,8-10,24H,6-7,11H2,1-3H3. The molecule has 7 heteroatoms. The summed E-state index contributed by atoms with van der Waals surface area (Å²) >= 11 is 0. The highest BCUT2D eigenvalue weighted by Gasteiger charge is 2.12. The number of phenolic OH excluding ortho intramolecular Hbond substituents is 1. The average molecular weight is 355 g/mol. The van der Waals surface area contributed by atoms with Crippen LogP contribution in [-0.4, -0.2) is 32.9 Å². The van der Waals surface area contributed by atoms with Gasteiger partial charge >= 0.3 is 0 Å². The molecule has 0 atom stereocenters. The van der Waals surface area contributed by atoms with Crippen LogP contribution in [0.3, 0.4) is 0 Å². The van der Waals surface area contributed by atoms with Crippen molar-refractivity contribution in [3.8, 4) is 11.5 Å². The molecule has 2 aromatic heterocycles. The van der Waals surface area contributed by atoms with Gasteiger partial charge in [0.1, 0.15) is 11.5 Å². The maximum Gasteiger partial charge on any atom is 0.160 e. The topological polar surface area (TPSA) is 90.4 Å². The van der Waals surface area contributed by atoms with Gasteiger partial charge in [-0.2, -0.15) is 5.10 Å². The number of aromatic nitrogens is 3. The van der Waals surface area contributed by atoms with Crippen LogP contribution in [0.2, 0.25) is 0 Å². The summed E-state index contributed by atoms with van der Waals surface area (Å²) in [5.41, 5.74) is 3.50. The van der Waals surface area contributed by atoms with E-state index in [1.807, 2.05) is 20.0 Å². The molecule has 0 spiro atoms. The summed E-state index contributed by atoms with van der Waals surface area (Å²) in [4.78, 5) is 12.3. The number of carbonyl (C=O) groups is 1. The molecule has 0 aliphatic heterocycles. The Morgan fingerprint density at radius 2 is 2.04 bits per heavy atom. The van der Waals surface area contributed by atoms with Crippen molar-refractivity contribution in [1.82, 2.24) is 14.9 Å². The van der Waals surface area contributed by atoms with Crippen LogP contribution in [-0.2, 0) is 24.2 Å². The summed E-state index contributed by atoms with van der Waals surface area (Å²) in [6, 6.07) is 4.92. The number of methoxy groups -OCH3 is 1. The summed E-state index contributed by atoms with van der Waals surface area (Å²) in [5.74, 6) is 1.26. The van der Waals surface area contributed by atoms with Crippen LogP contribution >= 0.6 is 0 Å². The number of phenols is 1. The van der Waals surface area contributed by atoms with Gasteiger partial charge in [-0.1, -0.05) is 11.2 Å². The number of Topliss-reactive ketones (excluding diaryl/α,β-unsaturated/α-hetero) is 1. The van der Waals surface area contributed by atoms with Crippen LogP contribution < -0.4 is 4.74 Å². The van der Waals surface area contributed by atoms with Gasteiger partial charge in [0.25, 0.3) is 0 Å². The van der Waals surface area contributed by atoms with Crippen LogP contribution in [0.15, 0.2) is 35.1 Å². The number of hydrogen-bond donors (Lipinski definition) is 1. The molecule has 0 aliphatic rings. The predicted molar refractivity (Wildman–Crippen MR) is 94.4 cm³/mol. The Bertz CT molecular complexity index is 907. The SMILES string of the molecule is COc1cc(CC(=O)Cc2cnn(Cc3c(C)noc3C)c2)ccc1O. The number of aryl methyl sites for hydroxylation is 2. The third-order valence-electron chi connectivity index (χ3n) is 4.23. The molecule has 2 heterocycles. The Morgan fingerprint density at radius 3 is 2.73 bits per heavy atom. The van der Waals surface area contributed by atoms with Gasteiger partial charge in [-0.3, -0.25) is 9.48 Å². The van der Waals surface area contributed by atoms with Crippen molar-refractivity contribution in [3.05, 3.63) is 58.7 Å². The summed E-state index contributed by atoms with van der Waals surface area (Å²) in [7, 11) is 1.48. The van der Waals surface area contributed by atoms with Crippen molar-refractivity contribution >= 4 is 5.78 Å². The molecule has 0 saturated carbocycles. The number of ketones is 1. The van der Waals surface area contributed by atoms with Crippen LogP contribution in [0, 0.1) is 13.8 Å². The number of benzene rings is 1. The highest BCUT2D eigenvalue weighted by Crippen LogP contribution is 2.26. The summed E-state index contributed by atoms with van der Waals surface area (Å²) in [6.45, 7) is 4.32. The molecule has 0 aliphatic carbocycles. The molecule has 3 aromatic rings. The van der Waals surface area contributed by atoms with E-state index in [0.717, 1.165) is 28.1 Å². The fourth-order valence-electron chi connectivity index (χ4n) is 2.82. The summed E-state index contributed by atoms with van der Waals surface area (Å²) in [5, 5.41) is 17.9. The van der Waals surface area contributed by atoms with E-state index < -0.39 is 0 Å². The van der Waals surface area contributed by atoms with E-state index in [4.69, 9.17) is 9.26 Å². The number of aromatic hydroxyl groups is 1. The van der Waals surface area contributed by atoms with Gasteiger partial charge in [-0.25, -0.2) is 0 Å². The summed E-state index contributed by atoms with van der Waals surface area (Å²) in [6.07, 6.45) is 4.13. The fourth-order valence-corrected chi connectivity index (χ4v) is 2.82. The molecule has 0 saturated heterocycles. The second-order valence-electron chi connectivity index (χ2n) is 6.25. The second kappa shape index (κ2) is 7.43. The maximum atomic E-state index is 12.3. The molecule has 1 aromatic carbocycles. The van der Waals surface area contributed by atoms with Crippen LogP contribution in [0.25, 0.3) is 0 Å². The number of hydrogen-bond acceptors (Lipinski definition) is 6. The van der Waals surface area contributed by atoms with Crippen molar-refractivity contribution in [2.45, 2.75) is 33.2 Å². The van der Waals surface area contributed by atoms with Gasteiger partial charge in [-0.15, -0.1) is 0 Å². The Hall–Kier alpha value is -3.09. The highest BCUT2D eigenvalue weighted by atomic mass is 16.5. The lowest BCUT2D eigenvalue weighted by atomic mass is 10.0. The minimum absolute atomic E-state index is 0.0595. The van der Waals surface area contributed by atoms with E-state index in [1.165, 1.54) is 13.2 Å². The van der Waals surface area contributed by atoms with Gasteiger partial charge in [0.15, 0.2) is 11.5 Å². The second-order valence-corrected chi connectivity index (χ2v) is 6.25. The molecule has 0 radical (unpaired) electrons. The van der Waals surface area contributed by atoms with Gasteiger partial charge in [0.05, 0.1) is 25.5 Å². The smallest absolute Gasteiger partial charge is 0.160 e. The lowest BCUT2D eigenvalue weighted by Crippen LogP contribution is -2.06. The first kappa shape index (κ1) is 17.7. The third kappa shape index (κ3) is 3.93. The molecular weight excluding hydrogens is 334 g/mol. The molecule has 0 amide bonds. The van der Waals surface area contributed by atoms with E-state index >= 15 is 0 Å². The predicted octanol–water partition coefficient (Wildman–Crippen LogP) is 2.60. The zero-order chi connectivity index (χ0) is 18.7. The van der Waals surface area contributed by atoms with Gasteiger partial charge < -0.3 is 14.4 Å². The minimum atomic E-state index is 0.0595. The van der Waals surface area contributed by atoms with E-state index in [9.17, 15) is 9.90 Å². The minimum Gasteiger partial charge on any atom is -0.504 e. The van der Waals surface area contributed by atoms with Crippen LogP contribution in [0.1, 0.15) is 28.1 Å². The van der Waals surface area contributed by atoms with E-state index in [0.29, 0.717) is 18.7 Å². The van der Waals surface area contributed by atoms with Crippen molar-refractivity contribution < 1.29 is 19.2 Å². The lowest BCUT2D eigenvalue weighted by molar-refractivity contribution is -0.117. The molecule has 0 fully saturated rings. The van der Waals surface area contributed by atoms with Crippen LogP contribution in [0.4, 0.5) is 0 Å². The zero-order valence-electron chi connectivity index (χ0n) is 15.0. The van der Waals surface area contributed by atoms with Crippen molar-refractivity contribution in [2.75, 3.05) is 7.11 Å². The molecule has 7 nitrogen and oxygen atoms in total. The van der Waals surface area contributed by atoms with Gasteiger partial charge in [0.2, 0.25) is 0 Å². The first-order valence-corrected chi connectivity index (χ1v) is 8.27. The molecular formula is C19H21N3O4. The van der Waals surface area contributed by atoms with Gasteiger partial charge in [0, 0.05) is 24.6 Å². The molecule has 26 heavy (non-hydrogen) atoms. The largest absolute Gasteiger partial charge is 0.504 e. The lowest BCUT2D eigenvalue weighted by Gasteiger charge is -2.06. The zero-order valence-corrected chi connectivity index (χ0v) is 15.0. The number of carbonyl (C=O) groups excluding carboxylic acids is 1. The molecule has 0 bridgehead atoms. The monoisotopic (exact) mass is 355 g/mol. The van der Waals surface area contributed by atoms with E-state index in [1.54, 1.807) is 23.0 Å². The average Bonchev–Trinajstić information content (AvgIpc) is 3.18. The fraction of sp³-hybridized carbons (Fsp3) is 0.316. The third-order valence-corrected chi connectivity index (χ3v) is 4.23. The number of ether oxygens (including phenoxy) is 1. The van der Waals surface area contributed by atoms with Crippen LogP contribution in [0.5, 0.6) is 11.5 Å². The Balaban J connectivity index is 1.63. The van der Waals surface area contributed by atoms with E-state index in [-0.39, 0.29) is 18.0 Å². The van der Waals surface area contributed by atoms with Crippen molar-refractivity contribution in [2.24, 2.45) is 0 Å². The first-order valence-electron chi connectivity index (χ1n) is 8.27. The van der Waals surface area contributed by atoms with Crippen molar-refractivity contribution in [3.63, 3.8) is 0 Å². The Labute approximate surface area is 151 Å².